The first-order chi connectivity index (χ1) is 19.8. The van der Waals surface area contributed by atoms with Crippen LogP contribution in [-0.2, 0) is 32.6 Å². The topological polar surface area (TPSA) is 86.8 Å². The Morgan fingerprint density at radius 1 is 0.857 bits per heavy atom. The Kier molecular flexibility index (Phi) is 11.7. The summed E-state index contributed by atoms with van der Waals surface area (Å²) in [6.45, 7) is 10.8. The van der Waals surface area contributed by atoms with Crippen molar-refractivity contribution < 1.29 is 18.0 Å². The number of amides is 2. The van der Waals surface area contributed by atoms with E-state index in [1.54, 1.807) is 4.90 Å². The summed E-state index contributed by atoms with van der Waals surface area (Å²) < 4.78 is 26.9. The number of carbonyl (C=O) groups is 2. The van der Waals surface area contributed by atoms with Gasteiger partial charge < -0.3 is 10.2 Å². The van der Waals surface area contributed by atoms with E-state index in [2.05, 4.69) is 5.32 Å². The third-order valence-electron chi connectivity index (χ3n) is 7.21. The molecule has 3 aromatic rings. The number of rotatable bonds is 14. The highest BCUT2D eigenvalue weighted by atomic mass is 32.2. The van der Waals surface area contributed by atoms with Crippen LogP contribution in [0.1, 0.15) is 54.5 Å². The van der Waals surface area contributed by atoms with Crippen molar-refractivity contribution in [2.75, 3.05) is 23.7 Å². The van der Waals surface area contributed by atoms with Gasteiger partial charge in [-0.25, -0.2) is 8.42 Å². The van der Waals surface area contributed by atoms with Gasteiger partial charge in [0.25, 0.3) is 0 Å². The second kappa shape index (κ2) is 15.0. The molecule has 226 valence electrons. The van der Waals surface area contributed by atoms with Gasteiger partial charge in [-0.05, 0) is 61.4 Å². The summed E-state index contributed by atoms with van der Waals surface area (Å²) in [5.74, 6) is -0.119. The average Bonchev–Trinajstić information content (AvgIpc) is 2.94. The number of nitrogens with zero attached hydrogens (tertiary/aromatic N) is 2. The summed E-state index contributed by atoms with van der Waals surface area (Å²) >= 11 is 0. The first kappa shape index (κ1) is 32.9. The molecule has 3 aromatic carbocycles. The van der Waals surface area contributed by atoms with Gasteiger partial charge in [-0.2, -0.15) is 0 Å². The summed E-state index contributed by atoms with van der Waals surface area (Å²) in [6.07, 6.45) is 1.98. The van der Waals surface area contributed by atoms with Crippen molar-refractivity contribution in [3.63, 3.8) is 0 Å². The lowest BCUT2D eigenvalue weighted by atomic mass is 10.0. The maximum atomic E-state index is 14.0. The Labute approximate surface area is 252 Å². The van der Waals surface area contributed by atoms with Crippen molar-refractivity contribution in [2.24, 2.45) is 5.92 Å². The van der Waals surface area contributed by atoms with E-state index in [-0.39, 0.29) is 37.2 Å². The van der Waals surface area contributed by atoms with E-state index in [1.165, 1.54) is 10.6 Å². The summed E-state index contributed by atoms with van der Waals surface area (Å²) in [5.41, 5.74) is 5.43. The van der Waals surface area contributed by atoms with E-state index in [0.29, 0.717) is 25.1 Å². The number of nitrogens with one attached hydrogen (secondary N) is 1. The first-order valence-electron chi connectivity index (χ1n) is 14.6. The minimum Gasteiger partial charge on any atom is -0.354 e. The summed E-state index contributed by atoms with van der Waals surface area (Å²) in [7, 11) is -3.57. The van der Waals surface area contributed by atoms with Crippen molar-refractivity contribution in [1.29, 1.82) is 0 Å². The molecule has 2 amide bonds. The molecule has 0 aliphatic rings. The molecule has 3 rings (SSSR count). The van der Waals surface area contributed by atoms with Crippen LogP contribution < -0.4 is 9.62 Å². The lowest BCUT2D eigenvalue weighted by Crippen LogP contribution is -2.51. The molecule has 0 spiro atoms. The fourth-order valence-corrected chi connectivity index (χ4v) is 5.85. The lowest BCUT2D eigenvalue weighted by Gasteiger charge is -2.32. The molecule has 0 radical (unpaired) electrons. The van der Waals surface area contributed by atoms with E-state index < -0.39 is 16.1 Å². The van der Waals surface area contributed by atoms with Crippen molar-refractivity contribution in [1.82, 2.24) is 10.2 Å². The molecule has 0 aliphatic heterocycles. The Hall–Kier alpha value is -3.65. The van der Waals surface area contributed by atoms with Gasteiger partial charge in [0.2, 0.25) is 21.8 Å². The van der Waals surface area contributed by atoms with Crippen LogP contribution in [-0.4, -0.2) is 50.5 Å². The molecule has 42 heavy (non-hydrogen) atoms. The maximum absolute atomic E-state index is 14.0. The number of anilines is 1. The van der Waals surface area contributed by atoms with E-state index in [4.69, 9.17) is 0 Å². The summed E-state index contributed by atoms with van der Waals surface area (Å²) in [4.78, 5) is 29.2. The second-order valence-electron chi connectivity index (χ2n) is 11.6. The Morgan fingerprint density at radius 2 is 1.50 bits per heavy atom. The highest BCUT2D eigenvalue weighted by Crippen LogP contribution is 2.25. The fraction of sp³-hybridized carbons (Fsp3) is 0.412. The molecule has 0 bridgehead atoms. The zero-order valence-corrected chi connectivity index (χ0v) is 26.6. The molecule has 7 nitrogen and oxygen atoms in total. The summed E-state index contributed by atoms with van der Waals surface area (Å²) in [5, 5.41) is 3.04. The summed E-state index contributed by atoms with van der Waals surface area (Å²) in [6, 6.07) is 22.7. The molecule has 0 aromatic heterocycles. The largest absolute Gasteiger partial charge is 0.354 e. The first-order valence-corrected chi connectivity index (χ1v) is 16.4. The number of carbonyl (C=O) groups excluding carboxylic acids is 2. The number of aryl methyl sites for hydroxylation is 3. The predicted octanol–water partition coefficient (Wildman–Crippen LogP) is 5.57. The Balaban J connectivity index is 1.89. The molecule has 1 unspecified atom stereocenters. The molecule has 0 saturated heterocycles. The number of sulfonamides is 1. The molecular weight excluding hydrogens is 546 g/mol. The van der Waals surface area contributed by atoms with Gasteiger partial charge in [0.15, 0.2) is 0 Å². The quantitative estimate of drug-likeness (QED) is 0.266. The van der Waals surface area contributed by atoms with Crippen molar-refractivity contribution >= 4 is 27.5 Å². The number of hydrogen-bond donors (Lipinski definition) is 1. The molecule has 0 heterocycles. The van der Waals surface area contributed by atoms with Crippen molar-refractivity contribution in [2.45, 2.75) is 66.5 Å². The smallest absolute Gasteiger partial charge is 0.243 e. The van der Waals surface area contributed by atoms with Crippen molar-refractivity contribution in [3.05, 3.63) is 101 Å². The van der Waals surface area contributed by atoms with Gasteiger partial charge >= 0.3 is 0 Å². The average molecular weight is 592 g/mol. The van der Waals surface area contributed by atoms with Gasteiger partial charge in [-0.3, -0.25) is 13.9 Å². The highest BCUT2D eigenvalue weighted by molar-refractivity contribution is 7.92. The minimum absolute atomic E-state index is 0.103. The van der Waals surface area contributed by atoms with Gasteiger partial charge in [0.05, 0.1) is 11.9 Å². The Morgan fingerprint density at radius 3 is 2.12 bits per heavy atom. The van der Waals surface area contributed by atoms with Gasteiger partial charge in [0.1, 0.15) is 6.04 Å². The van der Waals surface area contributed by atoms with Crippen molar-refractivity contribution in [3.8, 4) is 0 Å². The van der Waals surface area contributed by atoms with Crippen LogP contribution in [0.25, 0.3) is 0 Å². The Bertz CT molecular complexity index is 1440. The molecule has 1 N–H and O–H groups in total. The zero-order chi connectivity index (χ0) is 30.9. The lowest BCUT2D eigenvalue weighted by molar-refractivity contribution is -0.141. The second-order valence-corrected chi connectivity index (χ2v) is 13.5. The molecule has 0 saturated carbocycles. The molecular formula is C34H45N3O4S. The van der Waals surface area contributed by atoms with Crippen LogP contribution in [0.3, 0.4) is 0 Å². The van der Waals surface area contributed by atoms with E-state index in [1.807, 2.05) is 107 Å². The van der Waals surface area contributed by atoms with Crippen LogP contribution in [0.4, 0.5) is 5.69 Å². The van der Waals surface area contributed by atoms with Gasteiger partial charge in [0, 0.05) is 32.5 Å². The van der Waals surface area contributed by atoms with Crippen LogP contribution >= 0.6 is 0 Å². The maximum Gasteiger partial charge on any atom is 0.243 e. The number of hydrogen-bond acceptors (Lipinski definition) is 4. The van der Waals surface area contributed by atoms with E-state index in [9.17, 15) is 18.0 Å². The third kappa shape index (κ3) is 9.72. The third-order valence-corrected chi connectivity index (χ3v) is 8.39. The van der Waals surface area contributed by atoms with Crippen LogP contribution in [0.5, 0.6) is 0 Å². The molecule has 8 heteroatoms. The van der Waals surface area contributed by atoms with E-state index in [0.717, 1.165) is 27.8 Å². The molecule has 1 atom stereocenters. The molecule has 0 aliphatic carbocycles. The van der Waals surface area contributed by atoms with Crippen LogP contribution in [0.2, 0.25) is 0 Å². The SMILES string of the molecule is Cc1ccc(CN(C(=O)CCCN(c2cc(C)ccc2C)S(C)(=O)=O)C(Cc2ccccc2)C(=O)NCC(C)C)cc1. The van der Waals surface area contributed by atoms with Crippen LogP contribution in [0, 0.1) is 26.7 Å². The standard InChI is InChI=1S/C34H45N3O4S/c1-25(2)23-35-34(39)32(22-29-11-8-7-9-12-29)36(24-30-18-15-26(3)16-19-30)33(38)13-10-20-37(42(6,40)41)31-21-27(4)14-17-28(31)5/h7-9,11-12,14-19,21,25,32H,10,13,20,22-24H2,1-6H3,(H,35,39). The normalized spacial score (nSPS) is 12.2. The fourth-order valence-electron chi connectivity index (χ4n) is 4.84. The highest BCUT2D eigenvalue weighted by Gasteiger charge is 2.30. The van der Waals surface area contributed by atoms with Crippen LogP contribution in [0.15, 0.2) is 72.8 Å². The zero-order valence-electron chi connectivity index (χ0n) is 25.8. The van der Waals surface area contributed by atoms with E-state index >= 15 is 0 Å². The minimum atomic E-state index is -3.57. The van der Waals surface area contributed by atoms with Gasteiger partial charge in [-0.15, -0.1) is 0 Å². The predicted molar refractivity (Wildman–Crippen MR) is 171 cm³/mol. The van der Waals surface area contributed by atoms with Gasteiger partial charge in [-0.1, -0.05) is 86.1 Å². The monoisotopic (exact) mass is 591 g/mol. The molecule has 0 fully saturated rings. The number of benzene rings is 3.